The van der Waals surface area contributed by atoms with Crippen LogP contribution in [0.2, 0.25) is 0 Å². The van der Waals surface area contributed by atoms with Gasteiger partial charge in [0.1, 0.15) is 5.75 Å². The Morgan fingerprint density at radius 2 is 1.76 bits per heavy atom. The van der Waals surface area contributed by atoms with Crippen LogP contribution < -0.4 is 4.74 Å². The van der Waals surface area contributed by atoms with Gasteiger partial charge in [0.25, 0.3) is 0 Å². The van der Waals surface area contributed by atoms with Gasteiger partial charge in [0.05, 0.1) is 6.61 Å². The van der Waals surface area contributed by atoms with E-state index in [1.54, 1.807) is 0 Å². The average Bonchev–Trinajstić information content (AvgIpc) is 2.67. The standard InChI is InChI=1S/C24H34O/c1-3-4-5-18-25-24-16-14-23(15-17-24)22-12-10-21(11-13-22)20-8-6-19(2)7-9-20/h10,12-17,19-21H,3-9,11,18H2,1-2H3. The zero-order valence-electron chi connectivity index (χ0n) is 16.0. The molecule has 2 aliphatic carbocycles. The van der Waals surface area contributed by atoms with Crippen LogP contribution in [0.4, 0.5) is 0 Å². The number of benzene rings is 1. The molecule has 0 heterocycles. The summed E-state index contributed by atoms with van der Waals surface area (Å²) in [5.74, 6) is 3.61. The van der Waals surface area contributed by atoms with E-state index in [1.165, 1.54) is 56.1 Å². The van der Waals surface area contributed by atoms with Gasteiger partial charge >= 0.3 is 0 Å². The van der Waals surface area contributed by atoms with Gasteiger partial charge in [-0.2, -0.15) is 0 Å². The largest absolute Gasteiger partial charge is 0.494 e. The lowest BCUT2D eigenvalue weighted by Gasteiger charge is -2.32. The van der Waals surface area contributed by atoms with Crippen LogP contribution in [0.25, 0.3) is 5.57 Å². The number of hydrogen-bond donors (Lipinski definition) is 0. The van der Waals surface area contributed by atoms with Crippen molar-refractivity contribution in [3.05, 3.63) is 48.1 Å². The van der Waals surface area contributed by atoms with Crippen LogP contribution in [-0.4, -0.2) is 6.61 Å². The lowest BCUT2D eigenvalue weighted by Crippen LogP contribution is -2.20. The third-order valence-corrected chi connectivity index (χ3v) is 6.00. The van der Waals surface area contributed by atoms with Crippen molar-refractivity contribution >= 4 is 5.57 Å². The predicted octanol–water partition coefficient (Wildman–Crippen LogP) is 7.04. The Balaban J connectivity index is 1.50. The zero-order chi connectivity index (χ0) is 17.5. The molecule has 3 rings (SSSR count). The quantitative estimate of drug-likeness (QED) is 0.484. The molecule has 0 aliphatic heterocycles. The minimum Gasteiger partial charge on any atom is -0.494 e. The third kappa shape index (κ3) is 5.23. The molecule has 0 radical (unpaired) electrons. The van der Waals surface area contributed by atoms with Crippen molar-refractivity contribution in [3.63, 3.8) is 0 Å². The molecular weight excluding hydrogens is 304 g/mol. The molecule has 0 bridgehead atoms. The Morgan fingerprint density at radius 3 is 2.40 bits per heavy atom. The van der Waals surface area contributed by atoms with Gasteiger partial charge in [0.15, 0.2) is 0 Å². The molecule has 0 spiro atoms. The first-order chi connectivity index (χ1) is 12.3. The average molecular weight is 339 g/mol. The molecule has 1 aromatic carbocycles. The van der Waals surface area contributed by atoms with Crippen molar-refractivity contribution in [2.75, 3.05) is 6.61 Å². The topological polar surface area (TPSA) is 9.23 Å². The second-order valence-corrected chi connectivity index (χ2v) is 8.02. The molecule has 25 heavy (non-hydrogen) atoms. The Labute approximate surface area is 154 Å². The van der Waals surface area contributed by atoms with E-state index in [-0.39, 0.29) is 0 Å². The van der Waals surface area contributed by atoms with Crippen molar-refractivity contribution in [2.45, 2.75) is 65.2 Å². The summed E-state index contributed by atoms with van der Waals surface area (Å²) >= 11 is 0. The summed E-state index contributed by atoms with van der Waals surface area (Å²) in [4.78, 5) is 0. The number of unbranched alkanes of at least 4 members (excludes halogenated alkanes) is 2. The van der Waals surface area contributed by atoms with Gasteiger partial charge in [-0.05, 0) is 66.7 Å². The molecule has 1 fully saturated rings. The molecule has 1 atom stereocenters. The summed E-state index contributed by atoms with van der Waals surface area (Å²) in [6.45, 7) is 5.46. The van der Waals surface area contributed by atoms with Gasteiger partial charge in [-0.15, -0.1) is 0 Å². The molecule has 1 aromatic rings. The minimum absolute atomic E-state index is 0.762. The smallest absolute Gasteiger partial charge is 0.119 e. The maximum Gasteiger partial charge on any atom is 0.119 e. The van der Waals surface area contributed by atoms with Crippen molar-refractivity contribution in [2.24, 2.45) is 17.8 Å². The number of rotatable bonds is 7. The third-order valence-electron chi connectivity index (χ3n) is 6.00. The van der Waals surface area contributed by atoms with Gasteiger partial charge in [-0.3, -0.25) is 0 Å². The Kier molecular flexibility index (Phi) is 6.78. The molecule has 1 saturated carbocycles. The Morgan fingerprint density at radius 1 is 1.00 bits per heavy atom. The highest BCUT2D eigenvalue weighted by Gasteiger charge is 2.25. The molecular formula is C24H34O. The van der Waals surface area contributed by atoms with Gasteiger partial charge < -0.3 is 4.74 Å². The summed E-state index contributed by atoms with van der Waals surface area (Å²) < 4.78 is 5.82. The molecule has 1 heteroatoms. The zero-order valence-corrected chi connectivity index (χ0v) is 16.0. The highest BCUT2D eigenvalue weighted by molar-refractivity contribution is 5.75. The summed E-state index contributed by atoms with van der Waals surface area (Å²) in [7, 11) is 0. The van der Waals surface area contributed by atoms with Crippen LogP contribution >= 0.6 is 0 Å². The van der Waals surface area contributed by atoms with Crippen LogP contribution in [0.15, 0.2) is 42.5 Å². The fourth-order valence-electron chi connectivity index (χ4n) is 4.20. The summed E-state index contributed by atoms with van der Waals surface area (Å²) in [5.41, 5.74) is 2.69. The second-order valence-electron chi connectivity index (χ2n) is 8.02. The second kappa shape index (κ2) is 9.27. The van der Waals surface area contributed by atoms with Gasteiger partial charge in [-0.25, -0.2) is 0 Å². The Bertz CT molecular complexity index is 573. The van der Waals surface area contributed by atoms with Crippen LogP contribution in [-0.2, 0) is 0 Å². The van der Waals surface area contributed by atoms with E-state index in [2.05, 4.69) is 56.3 Å². The predicted molar refractivity (Wildman–Crippen MR) is 108 cm³/mol. The van der Waals surface area contributed by atoms with Crippen molar-refractivity contribution in [1.82, 2.24) is 0 Å². The van der Waals surface area contributed by atoms with E-state index in [1.807, 2.05) is 0 Å². The van der Waals surface area contributed by atoms with Crippen molar-refractivity contribution in [1.29, 1.82) is 0 Å². The highest BCUT2D eigenvalue weighted by Crippen LogP contribution is 2.38. The van der Waals surface area contributed by atoms with Gasteiger partial charge in [0, 0.05) is 0 Å². The monoisotopic (exact) mass is 338 g/mol. The number of hydrogen-bond acceptors (Lipinski definition) is 1. The first-order valence-electron chi connectivity index (χ1n) is 10.4. The van der Waals surface area contributed by atoms with E-state index >= 15 is 0 Å². The van der Waals surface area contributed by atoms with E-state index < -0.39 is 0 Å². The van der Waals surface area contributed by atoms with Gasteiger partial charge in [0.2, 0.25) is 0 Å². The molecule has 0 N–H and O–H groups in total. The Hall–Kier alpha value is -1.50. The highest BCUT2D eigenvalue weighted by atomic mass is 16.5. The number of ether oxygens (including phenoxy) is 1. The molecule has 0 saturated heterocycles. The fraction of sp³-hybridized carbons (Fsp3) is 0.583. The SMILES string of the molecule is CCCCCOc1ccc(C2=CCC(C3CCC(C)CC3)C=C2)cc1. The summed E-state index contributed by atoms with van der Waals surface area (Å²) in [6, 6.07) is 8.64. The van der Waals surface area contributed by atoms with Crippen LogP contribution in [0.5, 0.6) is 5.75 Å². The van der Waals surface area contributed by atoms with E-state index in [0.29, 0.717) is 0 Å². The fourth-order valence-corrected chi connectivity index (χ4v) is 4.20. The maximum atomic E-state index is 5.82. The van der Waals surface area contributed by atoms with Crippen LogP contribution in [0.1, 0.15) is 70.8 Å². The molecule has 2 aliphatic rings. The molecule has 0 aromatic heterocycles. The normalized spacial score (nSPS) is 26.3. The van der Waals surface area contributed by atoms with Crippen LogP contribution in [0, 0.1) is 17.8 Å². The molecule has 0 amide bonds. The van der Waals surface area contributed by atoms with Crippen LogP contribution in [0.3, 0.4) is 0 Å². The summed E-state index contributed by atoms with van der Waals surface area (Å²) in [6.07, 6.45) is 17.8. The molecule has 1 unspecified atom stereocenters. The van der Waals surface area contributed by atoms with Gasteiger partial charge in [-0.1, -0.05) is 69.9 Å². The molecule has 136 valence electrons. The maximum absolute atomic E-state index is 5.82. The summed E-state index contributed by atoms with van der Waals surface area (Å²) in [5, 5.41) is 0. The van der Waals surface area contributed by atoms with Crippen molar-refractivity contribution in [3.8, 4) is 5.75 Å². The molecule has 1 nitrogen and oxygen atoms in total. The van der Waals surface area contributed by atoms with E-state index in [0.717, 1.165) is 36.5 Å². The van der Waals surface area contributed by atoms with E-state index in [4.69, 9.17) is 4.74 Å². The lowest BCUT2D eigenvalue weighted by molar-refractivity contribution is 0.240. The minimum atomic E-state index is 0.762. The first-order valence-corrected chi connectivity index (χ1v) is 10.4. The number of allylic oxidation sites excluding steroid dienone is 4. The first kappa shape index (κ1) is 18.3. The van der Waals surface area contributed by atoms with E-state index in [9.17, 15) is 0 Å². The van der Waals surface area contributed by atoms with Crippen molar-refractivity contribution < 1.29 is 4.74 Å². The lowest BCUT2D eigenvalue weighted by atomic mass is 9.74.